The zero-order chi connectivity index (χ0) is 10.1. The largest absolute Gasteiger partial charge is 0.573 e. The molecule has 0 aliphatic rings. The molecule has 1 aromatic heterocycles. The molecule has 0 amide bonds. The number of ether oxygens (including phenoxy) is 1. The van der Waals surface area contributed by atoms with Gasteiger partial charge in [-0.25, -0.2) is 4.98 Å². The smallest absolute Gasteiger partial charge is 0.404 e. The van der Waals surface area contributed by atoms with Crippen molar-refractivity contribution < 1.29 is 17.9 Å². The Hall–Kier alpha value is -0.970. The molecule has 0 bridgehead atoms. The average Bonchev–Trinajstić information content (AvgIpc) is 1.93. The Kier molecular flexibility index (Phi) is 2.66. The number of hydrogen-bond donors (Lipinski definition) is 0. The van der Waals surface area contributed by atoms with Crippen LogP contribution in [0.5, 0.6) is 5.75 Å². The van der Waals surface area contributed by atoms with Gasteiger partial charge in [-0.3, -0.25) is 0 Å². The fraction of sp³-hybridized carbons (Fsp3) is 0.286. The van der Waals surface area contributed by atoms with Gasteiger partial charge in [0, 0.05) is 0 Å². The number of pyridine rings is 1. The lowest BCUT2D eigenvalue weighted by Crippen LogP contribution is -2.18. The molecule has 0 fully saturated rings. The van der Waals surface area contributed by atoms with Crippen LogP contribution in [0.15, 0.2) is 12.1 Å². The minimum absolute atomic E-state index is 0.102. The lowest BCUT2D eigenvalue weighted by molar-refractivity contribution is -0.275. The first-order valence-electron chi connectivity index (χ1n) is 3.27. The van der Waals surface area contributed by atoms with Crippen LogP contribution in [-0.4, -0.2) is 11.3 Å². The Morgan fingerprint density at radius 3 is 2.46 bits per heavy atom. The van der Waals surface area contributed by atoms with Crippen molar-refractivity contribution in [3.05, 3.63) is 23.0 Å². The fourth-order valence-electron chi connectivity index (χ4n) is 0.750. The third kappa shape index (κ3) is 3.10. The summed E-state index contributed by atoms with van der Waals surface area (Å²) in [6, 6.07) is 2.35. The summed E-state index contributed by atoms with van der Waals surface area (Å²) in [6.07, 6.45) is -4.69. The van der Waals surface area contributed by atoms with E-state index >= 15 is 0 Å². The Bertz CT molecular complexity index is 313. The molecule has 0 saturated heterocycles. The minimum atomic E-state index is -4.69. The van der Waals surface area contributed by atoms with E-state index in [9.17, 15) is 13.2 Å². The highest BCUT2D eigenvalue weighted by Crippen LogP contribution is 2.25. The van der Waals surface area contributed by atoms with Gasteiger partial charge in [0.05, 0.1) is 5.69 Å². The number of rotatable bonds is 1. The van der Waals surface area contributed by atoms with E-state index in [1.165, 1.54) is 13.0 Å². The molecule has 0 unspecified atom stereocenters. The highest BCUT2D eigenvalue weighted by Gasteiger charge is 2.31. The lowest BCUT2D eigenvalue weighted by Gasteiger charge is -2.10. The Balaban J connectivity index is 2.90. The molecular weight excluding hydrogens is 207 g/mol. The Morgan fingerprint density at radius 1 is 1.38 bits per heavy atom. The van der Waals surface area contributed by atoms with Crippen LogP contribution in [-0.2, 0) is 0 Å². The fourth-order valence-corrected chi connectivity index (χ4v) is 0.940. The second kappa shape index (κ2) is 3.41. The van der Waals surface area contributed by atoms with Gasteiger partial charge < -0.3 is 4.74 Å². The molecule has 0 radical (unpaired) electrons. The molecule has 0 aromatic carbocycles. The highest BCUT2D eigenvalue weighted by molar-refractivity contribution is 6.29. The Morgan fingerprint density at radius 2 is 2.00 bits per heavy atom. The van der Waals surface area contributed by atoms with Crippen LogP contribution in [0.2, 0.25) is 5.15 Å². The lowest BCUT2D eigenvalue weighted by atomic mass is 10.3. The molecule has 6 heteroatoms. The van der Waals surface area contributed by atoms with E-state index in [0.29, 0.717) is 0 Å². The summed E-state index contributed by atoms with van der Waals surface area (Å²) in [5.74, 6) is -0.336. The van der Waals surface area contributed by atoms with Gasteiger partial charge in [0.2, 0.25) is 0 Å². The second-order valence-corrected chi connectivity index (χ2v) is 2.65. The van der Waals surface area contributed by atoms with Gasteiger partial charge in [0.25, 0.3) is 0 Å². The van der Waals surface area contributed by atoms with E-state index < -0.39 is 6.36 Å². The first kappa shape index (κ1) is 10.1. The summed E-state index contributed by atoms with van der Waals surface area (Å²) >= 11 is 5.44. The first-order valence-corrected chi connectivity index (χ1v) is 3.65. The molecule has 1 aromatic rings. The number of nitrogens with zero attached hydrogens (tertiary/aromatic N) is 1. The zero-order valence-electron chi connectivity index (χ0n) is 6.52. The summed E-state index contributed by atoms with van der Waals surface area (Å²) in [4.78, 5) is 3.60. The number of aryl methyl sites for hydroxylation is 1. The maximum absolute atomic E-state index is 11.7. The summed E-state index contributed by atoms with van der Waals surface area (Å²) < 4.78 is 38.9. The van der Waals surface area contributed by atoms with E-state index in [-0.39, 0.29) is 16.6 Å². The quantitative estimate of drug-likeness (QED) is 0.667. The predicted octanol–water partition coefficient (Wildman–Crippen LogP) is 2.94. The predicted molar refractivity (Wildman–Crippen MR) is 40.7 cm³/mol. The number of alkyl halides is 3. The van der Waals surface area contributed by atoms with Crippen molar-refractivity contribution in [1.29, 1.82) is 0 Å². The van der Waals surface area contributed by atoms with Crippen molar-refractivity contribution >= 4 is 11.6 Å². The molecule has 72 valence electrons. The maximum atomic E-state index is 11.7. The molecule has 0 N–H and O–H groups in total. The maximum Gasteiger partial charge on any atom is 0.573 e. The van der Waals surface area contributed by atoms with E-state index in [4.69, 9.17) is 11.6 Å². The summed E-state index contributed by atoms with van der Waals surface area (Å²) in [7, 11) is 0. The first-order chi connectivity index (χ1) is 5.88. The van der Waals surface area contributed by atoms with E-state index in [2.05, 4.69) is 9.72 Å². The van der Waals surface area contributed by atoms with Gasteiger partial charge in [-0.15, -0.1) is 13.2 Å². The monoisotopic (exact) mass is 211 g/mol. The van der Waals surface area contributed by atoms with E-state index in [1.54, 1.807) is 0 Å². The Labute approximate surface area is 77.3 Å². The summed E-state index contributed by atoms with van der Waals surface area (Å²) in [5, 5.41) is 0.132. The van der Waals surface area contributed by atoms with E-state index in [0.717, 1.165) is 6.07 Å². The van der Waals surface area contributed by atoms with Crippen molar-refractivity contribution in [2.45, 2.75) is 13.3 Å². The number of hydrogen-bond acceptors (Lipinski definition) is 2. The van der Waals surface area contributed by atoms with Crippen LogP contribution < -0.4 is 4.74 Å². The van der Waals surface area contributed by atoms with E-state index in [1.807, 2.05) is 0 Å². The molecule has 0 aliphatic carbocycles. The van der Waals surface area contributed by atoms with Gasteiger partial charge in [0.15, 0.2) is 5.75 Å². The molecular formula is C7H5ClF3NO. The SMILES string of the molecule is Cc1nc(Cl)ccc1OC(F)(F)F. The number of aromatic nitrogens is 1. The second-order valence-electron chi connectivity index (χ2n) is 2.27. The van der Waals surface area contributed by atoms with Gasteiger partial charge in [-0.1, -0.05) is 11.6 Å². The molecule has 1 rings (SSSR count). The third-order valence-corrected chi connectivity index (χ3v) is 1.44. The molecule has 0 atom stereocenters. The van der Waals surface area contributed by atoms with Crippen molar-refractivity contribution in [2.75, 3.05) is 0 Å². The van der Waals surface area contributed by atoms with Crippen LogP contribution in [0.3, 0.4) is 0 Å². The normalized spacial score (nSPS) is 11.5. The van der Waals surface area contributed by atoms with Gasteiger partial charge in [-0.05, 0) is 19.1 Å². The molecule has 0 aliphatic heterocycles. The van der Waals surface area contributed by atoms with Crippen LogP contribution in [0, 0.1) is 6.92 Å². The van der Waals surface area contributed by atoms with Crippen molar-refractivity contribution in [3.8, 4) is 5.75 Å². The minimum Gasteiger partial charge on any atom is -0.404 e. The summed E-state index contributed by atoms with van der Waals surface area (Å²) in [6.45, 7) is 1.38. The third-order valence-electron chi connectivity index (χ3n) is 1.23. The molecule has 0 saturated carbocycles. The molecule has 1 heterocycles. The topological polar surface area (TPSA) is 22.1 Å². The van der Waals surface area contributed by atoms with Gasteiger partial charge >= 0.3 is 6.36 Å². The van der Waals surface area contributed by atoms with Crippen LogP contribution >= 0.6 is 11.6 Å². The zero-order valence-corrected chi connectivity index (χ0v) is 7.28. The van der Waals surface area contributed by atoms with Crippen molar-refractivity contribution in [1.82, 2.24) is 4.98 Å². The molecule has 2 nitrogen and oxygen atoms in total. The van der Waals surface area contributed by atoms with Crippen molar-refractivity contribution in [3.63, 3.8) is 0 Å². The average molecular weight is 212 g/mol. The summed E-state index contributed by atoms with van der Waals surface area (Å²) in [5.41, 5.74) is 0.102. The van der Waals surface area contributed by atoms with Crippen LogP contribution in [0.4, 0.5) is 13.2 Å². The van der Waals surface area contributed by atoms with Gasteiger partial charge in [-0.2, -0.15) is 0 Å². The van der Waals surface area contributed by atoms with Crippen LogP contribution in [0.25, 0.3) is 0 Å². The standard InChI is InChI=1S/C7H5ClF3NO/c1-4-5(13-7(9,10)11)2-3-6(8)12-4/h2-3H,1H3. The van der Waals surface area contributed by atoms with Crippen molar-refractivity contribution in [2.24, 2.45) is 0 Å². The molecule has 0 spiro atoms. The number of halogens is 4. The molecule has 13 heavy (non-hydrogen) atoms. The highest BCUT2D eigenvalue weighted by atomic mass is 35.5. The van der Waals surface area contributed by atoms with Crippen LogP contribution in [0.1, 0.15) is 5.69 Å². The van der Waals surface area contributed by atoms with Gasteiger partial charge in [0.1, 0.15) is 5.15 Å².